The molecule has 1 aromatic heterocycles. The summed E-state index contributed by atoms with van der Waals surface area (Å²) in [5, 5.41) is 3.78. The number of amides is 1. The molecule has 1 aromatic carbocycles. The van der Waals surface area contributed by atoms with E-state index in [2.05, 4.69) is 10.3 Å². The van der Waals surface area contributed by atoms with Gasteiger partial charge in [0.1, 0.15) is 4.88 Å². The lowest BCUT2D eigenvalue weighted by Crippen LogP contribution is -2.11. The quantitative estimate of drug-likeness (QED) is 0.883. The minimum Gasteiger partial charge on any atom is -0.321 e. The Morgan fingerprint density at radius 3 is 2.35 bits per heavy atom. The van der Waals surface area contributed by atoms with Gasteiger partial charge in [-0.2, -0.15) is 0 Å². The van der Waals surface area contributed by atoms with Gasteiger partial charge in [0, 0.05) is 5.69 Å². The summed E-state index contributed by atoms with van der Waals surface area (Å²) in [5.41, 5.74) is 2.77. The molecule has 1 N–H and O–H groups in total. The van der Waals surface area contributed by atoms with Crippen LogP contribution in [0, 0.1) is 20.8 Å². The molecule has 0 atom stereocenters. The lowest BCUT2D eigenvalue weighted by Gasteiger charge is -2.04. The summed E-state index contributed by atoms with van der Waals surface area (Å²) < 4.78 is 0. The third kappa shape index (κ3) is 2.71. The highest BCUT2D eigenvalue weighted by Gasteiger charge is 2.13. The van der Waals surface area contributed by atoms with Crippen molar-refractivity contribution < 1.29 is 4.79 Å². The average Bonchev–Trinajstić information content (AvgIpc) is 2.61. The van der Waals surface area contributed by atoms with E-state index in [-0.39, 0.29) is 5.91 Å². The van der Waals surface area contributed by atoms with E-state index in [9.17, 15) is 4.79 Å². The van der Waals surface area contributed by atoms with Crippen molar-refractivity contribution in [3.05, 3.63) is 45.4 Å². The molecular formula is C13H14N2OS. The Morgan fingerprint density at radius 2 is 1.82 bits per heavy atom. The number of nitrogens with one attached hydrogen (secondary N) is 1. The van der Waals surface area contributed by atoms with Gasteiger partial charge in [-0.25, -0.2) is 4.98 Å². The summed E-state index contributed by atoms with van der Waals surface area (Å²) in [6.07, 6.45) is 0. The maximum absolute atomic E-state index is 12.0. The Hall–Kier alpha value is -1.68. The second-order valence-electron chi connectivity index (χ2n) is 3.97. The summed E-state index contributed by atoms with van der Waals surface area (Å²) in [4.78, 5) is 16.9. The number of carbonyl (C=O) groups is 1. The highest BCUT2D eigenvalue weighted by atomic mass is 32.1. The normalized spacial score (nSPS) is 10.3. The predicted octanol–water partition coefficient (Wildman–Crippen LogP) is 3.32. The summed E-state index contributed by atoms with van der Waals surface area (Å²) in [7, 11) is 0. The highest BCUT2D eigenvalue weighted by Crippen LogP contribution is 2.19. The molecule has 2 rings (SSSR count). The molecule has 0 aliphatic carbocycles. The first-order valence-corrected chi connectivity index (χ1v) is 6.20. The number of benzene rings is 1. The lowest BCUT2D eigenvalue weighted by atomic mass is 10.2. The maximum atomic E-state index is 12.0. The number of aromatic nitrogens is 1. The van der Waals surface area contributed by atoms with Gasteiger partial charge in [0.15, 0.2) is 0 Å². The molecule has 2 aromatic rings. The topological polar surface area (TPSA) is 42.0 Å². The van der Waals surface area contributed by atoms with E-state index in [0.29, 0.717) is 4.88 Å². The van der Waals surface area contributed by atoms with Crippen molar-refractivity contribution in [3.8, 4) is 0 Å². The van der Waals surface area contributed by atoms with Gasteiger partial charge in [-0.1, -0.05) is 17.7 Å². The Bertz CT molecular complexity index is 543. The van der Waals surface area contributed by atoms with Crippen LogP contribution in [0.3, 0.4) is 0 Å². The summed E-state index contributed by atoms with van der Waals surface area (Å²) in [5.74, 6) is -0.0862. The summed E-state index contributed by atoms with van der Waals surface area (Å²) in [6.45, 7) is 5.77. The number of thiazole rings is 1. The van der Waals surface area contributed by atoms with E-state index in [4.69, 9.17) is 0 Å². The second-order valence-corrected chi connectivity index (χ2v) is 5.17. The third-order valence-corrected chi connectivity index (χ3v) is 3.49. The van der Waals surface area contributed by atoms with Crippen LogP contribution in [0.1, 0.15) is 25.9 Å². The van der Waals surface area contributed by atoms with E-state index < -0.39 is 0 Å². The van der Waals surface area contributed by atoms with E-state index >= 15 is 0 Å². The molecule has 0 unspecified atom stereocenters. The van der Waals surface area contributed by atoms with Gasteiger partial charge in [-0.15, -0.1) is 11.3 Å². The van der Waals surface area contributed by atoms with Crippen LogP contribution in [0.25, 0.3) is 0 Å². The molecule has 0 spiro atoms. The molecule has 3 nitrogen and oxygen atoms in total. The largest absolute Gasteiger partial charge is 0.321 e. The minimum absolute atomic E-state index is 0.0862. The fraction of sp³-hybridized carbons (Fsp3) is 0.231. The van der Waals surface area contributed by atoms with Crippen LogP contribution < -0.4 is 5.32 Å². The van der Waals surface area contributed by atoms with Crippen LogP contribution in [0.4, 0.5) is 5.69 Å². The van der Waals surface area contributed by atoms with Crippen LogP contribution in [0.5, 0.6) is 0 Å². The average molecular weight is 246 g/mol. The first-order valence-electron chi connectivity index (χ1n) is 5.38. The van der Waals surface area contributed by atoms with E-state index in [1.807, 2.05) is 45.0 Å². The molecule has 0 saturated heterocycles. The molecule has 88 valence electrons. The van der Waals surface area contributed by atoms with Crippen molar-refractivity contribution in [2.45, 2.75) is 20.8 Å². The van der Waals surface area contributed by atoms with Crippen molar-refractivity contribution in [3.63, 3.8) is 0 Å². The molecule has 1 amide bonds. The van der Waals surface area contributed by atoms with Crippen molar-refractivity contribution >= 4 is 22.9 Å². The number of hydrogen-bond acceptors (Lipinski definition) is 3. The molecule has 4 heteroatoms. The number of anilines is 1. The van der Waals surface area contributed by atoms with Gasteiger partial charge in [0.25, 0.3) is 5.91 Å². The van der Waals surface area contributed by atoms with E-state index in [1.54, 1.807) is 0 Å². The van der Waals surface area contributed by atoms with Gasteiger partial charge in [-0.05, 0) is 32.9 Å². The van der Waals surface area contributed by atoms with Crippen molar-refractivity contribution in [2.75, 3.05) is 5.32 Å². The monoisotopic (exact) mass is 246 g/mol. The fourth-order valence-electron chi connectivity index (χ4n) is 1.57. The van der Waals surface area contributed by atoms with Gasteiger partial charge >= 0.3 is 0 Å². The van der Waals surface area contributed by atoms with Gasteiger partial charge < -0.3 is 5.32 Å². The predicted molar refractivity (Wildman–Crippen MR) is 70.7 cm³/mol. The molecular weight excluding hydrogens is 232 g/mol. The number of rotatable bonds is 2. The molecule has 17 heavy (non-hydrogen) atoms. The second kappa shape index (κ2) is 4.67. The zero-order chi connectivity index (χ0) is 12.4. The zero-order valence-electron chi connectivity index (χ0n) is 10.1. The van der Waals surface area contributed by atoms with Crippen molar-refractivity contribution in [2.24, 2.45) is 0 Å². The number of aryl methyl sites for hydroxylation is 3. The Labute approximate surface area is 105 Å². The molecule has 0 aliphatic rings. The van der Waals surface area contributed by atoms with E-state index in [1.165, 1.54) is 16.9 Å². The molecule has 1 heterocycles. The molecule has 0 aliphatic heterocycles. The van der Waals surface area contributed by atoms with Gasteiger partial charge in [0.05, 0.1) is 10.7 Å². The molecule has 0 radical (unpaired) electrons. The van der Waals surface area contributed by atoms with Crippen LogP contribution in [0.15, 0.2) is 24.3 Å². The fourth-order valence-corrected chi connectivity index (χ4v) is 2.38. The molecule has 0 bridgehead atoms. The lowest BCUT2D eigenvalue weighted by molar-refractivity contribution is 0.103. The van der Waals surface area contributed by atoms with Crippen molar-refractivity contribution in [1.82, 2.24) is 4.98 Å². The standard InChI is InChI=1S/C13H14N2OS/c1-8-4-6-11(7-5-8)15-13(16)12-9(2)14-10(3)17-12/h4-7H,1-3H3,(H,15,16). The first-order chi connectivity index (χ1) is 8.06. The summed E-state index contributed by atoms with van der Waals surface area (Å²) >= 11 is 1.42. The van der Waals surface area contributed by atoms with Crippen LogP contribution in [0.2, 0.25) is 0 Å². The minimum atomic E-state index is -0.0862. The van der Waals surface area contributed by atoms with Crippen LogP contribution in [-0.2, 0) is 0 Å². The molecule has 0 saturated carbocycles. The number of hydrogen-bond donors (Lipinski definition) is 1. The first kappa shape index (κ1) is 11.8. The van der Waals surface area contributed by atoms with Crippen LogP contribution >= 0.6 is 11.3 Å². The highest BCUT2D eigenvalue weighted by molar-refractivity contribution is 7.13. The zero-order valence-corrected chi connectivity index (χ0v) is 10.9. The van der Waals surface area contributed by atoms with E-state index in [0.717, 1.165) is 16.4 Å². The number of carbonyl (C=O) groups excluding carboxylic acids is 1. The third-order valence-electron chi connectivity index (χ3n) is 2.42. The maximum Gasteiger partial charge on any atom is 0.267 e. The smallest absolute Gasteiger partial charge is 0.267 e. The number of nitrogens with zero attached hydrogens (tertiary/aromatic N) is 1. The summed E-state index contributed by atoms with van der Waals surface area (Å²) in [6, 6.07) is 7.74. The van der Waals surface area contributed by atoms with Gasteiger partial charge in [0.2, 0.25) is 0 Å². The molecule has 0 fully saturated rings. The van der Waals surface area contributed by atoms with Crippen molar-refractivity contribution in [1.29, 1.82) is 0 Å². The Kier molecular flexibility index (Phi) is 3.24. The Morgan fingerprint density at radius 1 is 1.18 bits per heavy atom. The SMILES string of the molecule is Cc1ccc(NC(=O)c2sc(C)nc2C)cc1. The van der Waals surface area contributed by atoms with Crippen LogP contribution in [-0.4, -0.2) is 10.9 Å². The van der Waals surface area contributed by atoms with Gasteiger partial charge in [-0.3, -0.25) is 4.79 Å². The Balaban J connectivity index is 2.17.